The first-order valence-corrected chi connectivity index (χ1v) is 13.5. The van der Waals surface area contributed by atoms with Crippen molar-refractivity contribution in [2.45, 2.75) is 42.9 Å². The van der Waals surface area contributed by atoms with Crippen LogP contribution in [0.5, 0.6) is 0 Å². The number of amides is 1. The second kappa shape index (κ2) is 8.05. The smallest absolute Gasteiger partial charge is 0.361 e. The lowest BCUT2D eigenvalue weighted by Gasteiger charge is -2.58. The lowest BCUT2D eigenvalue weighted by Crippen LogP contribution is -2.54. The average Bonchev–Trinajstić information content (AvgIpc) is 3.04. The van der Waals surface area contributed by atoms with Gasteiger partial charge in [-0.15, -0.1) is 0 Å². The van der Waals surface area contributed by atoms with E-state index in [9.17, 15) is 35.5 Å². The van der Waals surface area contributed by atoms with Crippen molar-refractivity contribution < 1.29 is 35.5 Å². The van der Waals surface area contributed by atoms with Gasteiger partial charge in [0.1, 0.15) is 6.17 Å². The van der Waals surface area contributed by atoms with Gasteiger partial charge in [0, 0.05) is 16.8 Å². The predicted molar refractivity (Wildman–Crippen MR) is 127 cm³/mol. The SMILES string of the molecule is Cc1cc(C(F)(C(F)(F)F)C(F)(F)F)ccc1NC1c2cccc(Cl)c2C(=O)N1C1(C)C=CS1(C)C. The van der Waals surface area contributed by atoms with E-state index in [1.54, 1.807) is 23.1 Å². The van der Waals surface area contributed by atoms with E-state index >= 15 is 0 Å². The van der Waals surface area contributed by atoms with Crippen LogP contribution in [-0.4, -0.2) is 40.5 Å². The van der Waals surface area contributed by atoms with E-state index in [1.165, 1.54) is 6.92 Å². The number of carbonyl (C=O) groups is 1. The summed E-state index contributed by atoms with van der Waals surface area (Å²) in [6, 6.07) is 6.81. The first-order valence-electron chi connectivity index (χ1n) is 10.6. The molecule has 12 heteroatoms. The van der Waals surface area contributed by atoms with Gasteiger partial charge in [0.2, 0.25) is 0 Å². The van der Waals surface area contributed by atoms with Crippen LogP contribution in [0.25, 0.3) is 0 Å². The topological polar surface area (TPSA) is 32.3 Å². The molecule has 0 bridgehead atoms. The molecule has 2 atom stereocenters. The molecule has 0 aromatic heterocycles. The van der Waals surface area contributed by atoms with Crippen molar-refractivity contribution in [3.8, 4) is 0 Å². The lowest BCUT2D eigenvalue weighted by molar-refractivity contribution is -0.348. The highest BCUT2D eigenvalue weighted by Crippen LogP contribution is 2.66. The Bertz CT molecular complexity index is 1260. The summed E-state index contributed by atoms with van der Waals surface area (Å²) in [5.41, 5.74) is -6.26. The number of halogens is 8. The molecule has 2 aliphatic rings. The van der Waals surface area contributed by atoms with Gasteiger partial charge < -0.3 is 5.32 Å². The Balaban J connectivity index is 1.79. The predicted octanol–water partition coefficient (Wildman–Crippen LogP) is 7.81. The Morgan fingerprint density at radius 2 is 1.64 bits per heavy atom. The number of nitrogens with zero attached hydrogens (tertiary/aromatic N) is 1. The summed E-state index contributed by atoms with van der Waals surface area (Å²) in [5.74, 6) is -0.355. The van der Waals surface area contributed by atoms with E-state index in [0.29, 0.717) is 17.7 Å². The number of fused-ring (bicyclic) bond motifs is 1. The highest BCUT2D eigenvalue weighted by atomic mass is 35.5. The first kappa shape index (κ1) is 26.7. The third-order valence-corrected chi connectivity index (χ3v) is 10.6. The van der Waals surface area contributed by atoms with Gasteiger partial charge in [-0.3, -0.25) is 9.69 Å². The summed E-state index contributed by atoms with van der Waals surface area (Å²) >= 11 is 6.33. The molecule has 2 aliphatic heterocycles. The van der Waals surface area contributed by atoms with Crippen molar-refractivity contribution in [3.63, 3.8) is 0 Å². The molecule has 2 unspecified atom stereocenters. The zero-order chi connectivity index (χ0) is 27.1. The molecule has 0 radical (unpaired) electrons. The van der Waals surface area contributed by atoms with Crippen molar-refractivity contribution in [1.29, 1.82) is 0 Å². The van der Waals surface area contributed by atoms with Crippen LogP contribution in [0.4, 0.5) is 36.4 Å². The van der Waals surface area contributed by atoms with Gasteiger partial charge >= 0.3 is 18.0 Å². The Kier molecular flexibility index (Phi) is 5.96. The molecule has 36 heavy (non-hydrogen) atoms. The van der Waals surface area contributed by atoms with Gasteiger partial charge in [0.25, 0.3) is 5.91 Å². The van der Waals surface area contributed by atoms with E-state index < -0.39 is 44.6 Å². The number of carbonyl (C=O) groups excluding carboxylic acids is 1. The molecular formula is C24H22ClF7N2OS. The minimum atomic E-state index is -6.21. The van der Waals surface area contributed by atoms with Crippen molar-refractivity contribution >= 4 is 33.2 Å². The summed E-state index contributed by atoms with van der Waals surface area (Å²) in [4.78, 5) is 14.4. The minimum absolute atomic E-state index is 0.0631. The number of rotatable bonds is 4. The van der Waals surface area contributed by atoms with E-state index in [-0.39, 0.29) is 27.7 Å². The normalized spacial score (nSPS) is 24.4. The molecule has 1 N–H and O–H groups in total. The molecule has 4 rings (SSSR count). The maximum Gasteiger partial charge on any atom is 0.435 e. The summed E-state index contributed by atoms with van der Waals surface area (Å²) in [6.45, 7) is 3.15. The van der Waals surface area contributed by atoms with Gasteiger partial charge in [-0.25, -0.2) is 14.4 Å². The van der Waals surface area contributed by atoms with Crippen molar-refractivity contribution in [3.05, 3.63) is 75.2 Å². The van der Waals surface area contributed by atoms with Crippen LogP contribution in [0, 0.1) is 6.92 Å². The number of nitrogens with one attached hydrogen (secondary N) is 1. The molecule has 0 aliphatic carbocycles. The molecule has 196 valence electrons. The Hall–Kier alpha value is -2.40. The third-order valence-electron chi connectivity index (χ3n) is 6.99. The highest BCUT2D eigenvalue weighted by Gasteiger charge is 2.73. The average molecular weight is 555 g/mol. The highest BCUT2D eigenvalue weighted by molar-refractivity contribution is 8.37. The molecule has 1 amide bonds. The monoisotopic (exact) mass is 554 g/mol. The quantitative estimate of drug-likeness (QED) is 0.391. The number of hydrogen-bond acceptors (Lipinski definition) is 2. The summed E-state index contributed by atoms with van der Waals surface area (Å²) in [7, 11) is -1.42. The number of benzene rings is 2. The van der Waals surface area contributed by atoms with Gasteiger partial charge in [-0.1, -0.05) is 35.9 Å². The van der Waals surface area contributed by atoms with Gasteiger partial charge in [-0.2, -0.15) is 26.3 Å². The molecule has 3 nitrogen and oxygen atoms in total. The number of alkyl halides is 7. The van der Waals surface area contributed by atoms with Crippen LogP contribution >= 0.6 is 21.6 Å². The Labute approximate surface area is 209 Å². The van der Waals surface area contributed by atoms with Gasteiger partial charge in [0.05, 0.1) is 15.5 Å². The summed E-state index contributed by atoms with van der Waals surface area (Å²) in [5, 5.41) is 5.31. The van der Waals surface area contributed by atoms with Crippen LogP contribution < -0.4 is 5.32 Å². The van der Waals surface area contributed by atoms with Crippen LogP contribution in [0.3, 0.4) is 0 Å². The molecule has 2 heterocycles. The zero-order valence-corrected chi connectivity index (χ0v) is 21.1. The van der Waals surface area contributed by atoms with E-state index in [4.69, 9.17) is 11.6 Å². The zero-order valence-electron chi connectivity index (χ0n) is 19.5. The second-order valence-corrected chi connectivity index (χ2v) is 13.7. The fraction of sp³-hybridized carbons (Fsp3) is 0.375. The Morgan fingerprint density at radius 3 is 2.11 bits per heavy atom. The molecular weight excluding hydrogens is 533 g/mol. The number of hydrogen-bond donors (Lipinski definition) is 1. The third kappa shape index (κ3) is 3.60. The molecule has 0 fully saturated rings. The van der Waals surface area contributed by atoms with E-state index in [0.717, 1.165) is 6.07 Å². The number of anilines is 1. The van der Waals surface area contributed by atoms with E-state index in [2.05, 4.69) is 5.32 Å². The Morgan fingerprint density at radius 1 is 1.03 bits per heavy atom. The lowest BCUT2D eigenvalue weighted by atomic mass is 9.92. The van der Waals surface area contributed by atoms with Crippen LogP contribution in [0.2, 0.25) is 5.02 Å². The minimum Gasteiger partial charge on any atom is -0.361 e. The summed E-state index contributed by atoms with van der Waals surface area (Å²) in [6.07, 6.45) is -7.34. The fourth-order valence-corrected chi connectivity index (χ4v) is 6.55. The van der Waals surface area contributed by atoms with Gasteiger partial charge in [-0.05, 0) is 55.5 Å². The first-order chi connectivity index (χ1) is 16.4. The maximum absolute atomic E-state index is 14.6. The maximum atomic E-state index is 14.6. The van der Waals surface area contributed by atoms with Crippen molar-refractivity contribution in [2.24, 2.45) is 0 Å². The van der Waals surface area contributed by atoms with Crippen LogP contribution in [0.1, 0.15) is 40.1 Å². The summed E-state index contributed by atoms with van der Waals surface area (Å²) < 4.78 is 93.9. The largest absolute Gasteiger partial charge is 0.435 e. The second-order valence-electron chi connectivity index (χ2n) is 9.37. The standard InChI is InChI=1S/C24H22ClF7N2OS/c1-13-12-14(22(26,23(27,28)29)24(30,31)32)8-9-17(13)33-19-15-6-5-7-16(25)18(15)20(35)34(19)21(2)10-11-36(21,3)4/h5-12,19,33H,1-4H3. The fourth-order valence-electron chi connectivity index (χ4n) is 4.52. The molecule has 0 spiro atoms. The van der Waals surface area contributed by atoms with Crippen molar-refractivity contribution in [1.82, 2.24) is 4.90 Å². The molecule has 2 aromatic carbocycles. The van der Waals surface area contributed by atoms with E-state index in [1.807, 2.05) is 30.9 Å². The molecule has 0 saturated heterocycles. The van der Waals surface area contributed by atoms with Crippen molar-refractivity contribution in [2.75, 3.05) is 17.8 Å². The molecule has 0 saturated carbocycles. The molecule has 2 aromatic rings. The van der Waals surface area contributed by atoms with Crippen LogP contribution in [-0.2, 0) is 5.67 Å². The van der Waals surface area contributed by atoms with Gasteiger partial charge in [0.15, 0.2) is 0 Å². The number of aryl methyl sites for hydroxylation is 1. The van der Waals surface area contributed by atoms with Crippen LogP contribution in [0.15, 0.2) is 47.9 Å².